The largest absolute Gasteiger partial charge is 0.497 e. The van der Waals surface area contributed by atoms with Crippen LogP contribution in [0.5, 0.6) is 11.5 Å². The molecule has 0 atom stereocenters. The summed E-state index contributed by atoms with van der Waals surface area (Å²) in [5, 5.41) is 14.5. The maximum absolute atomic E-state index is 12.5. The number of benzene rings is 2. The van der Waals surface area contributed by atoms with Crippen LogP contribution in [0.15, 0.2) is 59.3 Å². The standard InChI is InChI=1S/C19H16N6O4/c1-27-13-8-9-14(16(10-13)28-2)20-18(26)19-21-17(23-29-19)15-11-25(24-22-15)12-6-4-3-5-7-12/h3-11H,1-2H3,(H,20,26). The maximum Gasteiger partial charge on any atom is 0.316 e. The Morgan fingerprint density at radius 3 is 2.69 bits per heavy atom. The molecule has 29 heavy (non-hydrogen) atoms. The number of hydrogen-bond donors (Lipinski definition) is 1. The van der Waals surface area contributed by atoms with Crippen molar-refractivity contribution in [2.24, 2.45) is 0 Å². The number of methoxy groups -OCH3 is 2. The predicted octanol–water partition coefficient (Wildman–Crippen LogP) is 2.59. The van der Waals surface area contributed by atoms with Gasteiger partial charge in [0.1, 0.15) is 11.5 Å². The molecule has 2 aromatic carbocycles. The first-order valence-corrected chi connectivity index (χ1v) is 8.53. The molecule has 1 N–H and O–H groups in total. The molecule has 4 rings (SSSR count). The van der Waals surface area contributed by atoms with Crippen molar-refractivity contribution in [3.63, 3.8) is 0 Å². The number of nitrogens with one attached hydrogen (secondary N) is 1. The van der Waals surface area contributed by atoms with Crippen molar-refractivity contribution < 1.29 is 18.8 Å². The van der Waals surface area contributed by atoms with Gasteiger partial charge in [-0.25, -0.2) is 4.68 Å². The SMILES string of the molecule is COc1ccc(NC(=O)c2nc(-c3cn(-c4ccccc4)nn3)no2)c(OC)c1. The van der Waals surface area contributed by atoms with Gasteiger partial charge >= 0.3 is 11.8 Å². The molecule has 0 aliphatic rings. The van der Waals surface area contributed by atoms with Crippen molar-refractivity contribution in [2.45, 2.75) is 0 Å². The molecule has 0 bridgehead atoms. The van der Waals surface area contributed by atoms with Gasteiger partial charge in [-0.05, 0) is 24.3 Å². The summed E-state index contributed by atoms with van der Waals surface area (Å²) in [6.45, 7) is 0. The van der Waals surface area contributed by atoms with Crippen LogP contribution < -0.4 is 14.8 Å². The van der Waals surface area contributed by atoms with Crippen LogP contribution in [0.2, 0.25) is 0 Å². The molecule has 0 aliphatic heterocycles. The number of hydrogen-bond acceptors (Lipinski definition) is 8. The van der Waals surface area contributed by atoms with E-state index in [0.29, 0.717) is 22.9 Å². The molecule has 4 aromatic rings. The minimum Gasteiger partial charge on any atom is -0.497 e. The first-order valence-electron chi connectivity index (χ1n) is 8.53. The highest BCUT2D eigenvalue weighted by Gasteiger charge is 2.20. The lowest BCUT2D eigenvalue weighted by atomic mass is 10.2. The first-order chi connectivity index (χ1) is 14.2. The van der Waals surface area contributed by atoms with Gasteiger partial charge < -0.3 is 19.3 Å². The molecule has 1 amide bonds. The fraction of sp³-hybridized carbons (Fsp3) is 0.105. The number of ether oxygens (including phenoxy) is 2. The molecule has 2 heterocycles. The van der Waals surface area contributed by atoms with Gasteiger partial charge in [-0.15, -0.1) is 5.10 Å². The fourth-order valence-corrected chi connectivity index (χ4v) is 2.57. The highest BCUT2D eigenvalue weighted by Crippen LogP contribution is 2.29. The van der Waals surface area contributed by atoms with Gasteiger partial charge in [-0.2, -0.15) is 4.98 Å². The molecule has 10 nitrogen and oxygen atoms in total. The lowest BCUT2D eigenvalue weighted by molar-refractivity contribution is 0.0981. The number of rotatable bonds is 6. The summed E-state index contributed by atoms with van der Waals surface area (Å²) in [5.74, 6) is 0.387. The first kappa shape index (κ1) is 18.2. The van der Waals surface area contributed by atoms with E-state index in [-0.39, 0.29) is 11.7 Å². The summed E-state index contributed by atoms with van der Waals surface area (Å²) in [7, 11) is 3.03. The zero-order valence-electron chi connectivity index (χ0n) is 15.6. The number of amides is 1. The van der Waals surface area contributed by atoms with Crippen LogP contribution in [-0.2, 0) is 0 Å². The monoisotopic (exact) mass is 392 g/mol. The summed E-state index contributed by atoms with van der Waals surface area (Å²) in [6.07, 6.45) is 1.65. The van der Waals surface area contributed by atoms with Crippen LogP contribution in [0, 0.1) is 0 Å². The lowest BCUT2D eigenvalue weighted by Gasteiger charge is -2.10. The van der Waals surface area contributed by atoms with Gasteiger partial charge in [-0.1, -0.05) is 28.6 Å². The highest BCUT2D eigenvalue weighted by atomic mass is 16.5. The minimum absolute atomic E-state index is 0.152. The molecule has 0 saturated heterocycles. The second kappa shape index (κ2) is 7.80. The van der Waals surface area contributed by atoms with Crippen molar-refractivity contribution in [3.8, 4) is 28.7 Å². The number of nitrogens with zero attached hydrogens (tertiary/aromatic N) is 5. The molecular formula is C19H16N6O4. The number of para-hydroxylation sites is 1. The summed E-state index contributed by atoms with van der Waals surface area (Å²) in [5.41, 5.74) is 1.64. The van der Waals surface area contributed by atoms with Crippen LogP contribution in [0.4, 0.5) is 5.69 Å². The second-order valence-corrected chi connectivity index (χ2v) is 5.83. The molecule has 146 valence electrons. The van der Waals surface area contributed by atoms with Crippen molar-refractivity contribution in [2.75, 3.05) is 19.5 Å². The van der Waals surface area contributed by atoms with Gasteiger partial charge in [-0.3, -0.25) is 4.79 Å². The van der Waals surface area contributed by atoms with E-state index in [2.05, 4.69) is 25.8 Å². The van der Waals surface area contributed by atoms with Gasteiger partial charge in [0.15, 0.2) is 5.69 Å². The average molecular weight is 392 g/mol. The van der Waals surface area contributed by atoms with E-state index in [0.717, 1.165) is 5.69 Å². The Bertz CT molecular complexity index is 1140. The Balaban J connectivity index is 1.52. The van der Waals surface area contributed by atoms with Crippen molar-refractivity contribution in [1.82, 2.24) is 25.1 Å². The van der Waals surface area contributed by atoms with E-state index in [1.807, 2.05) is 30.3 Å². The zero-order chi connectivity index (χ0) is 20.2. The third kappa shape index (κ3) is 3.76. The van der Waals surface area contributed by atoms with Gasteiger partial charge in [0, 0.05) is 6.07 Å². The molecule has 0 aliphatic carbocycles. The predicted molar refractivity (Wildman–Crippen MR) is 102 cm³/mol. The Morgan fingerprint density at radius 1 is 1.10 bits per heavy atom. The van der Waals surface area contributed by atoms with E-state index in [1.54, 1.807) is 36.2 Å². The Hall–Kier alpha value is -4.21. The maximum atomic E-state index is 12.5. The van der Waals surface area contributed by atoms with Gasteiger partial charge in [0.05, 0.1) is 31.8 Å². The minimum atomic E-state index is -0.581. The molecule has 2 aromatic heterocycles. The van der Waals surface area contributed by atoms with E-state index in [9.17, 15) is 4.79 Å². The molecule has 0 spiro atoms. The van der Waals surface area contributed by atoms with E-state index in [4.69, 9.17) is 14.0 Å². The average Bonchev–Trinajstić information content (AvgIpc) is 3.44. The van der Waals surface area contributed by atoms with E-state index in [1.165, 1.54) is 7.11 Å². The Morgan fingerprint density at radius 2 is 1.93 bits per heavy atom. The molecule has 0 radical (unpaired) electrons. The summed E-state index contributed by atoms with van der Waals surface area (Å²) in [4.78, 5) is 16.6. The summed E-state index contributed by atoms with van der Waals surface area (Å²) in [6, 6.07) is 14.4. The Labute approximate surface area is 165 Å². The van der Waals surface area contributed by atoms with Crippen molar-refractivity contribution in [1.29, 1.82) is 0 Å². The molecular weight excluding hydrogens is 376 g/mol. The normalized spacial score (nSPS) is 10.6. The molecule has 10 heteroatoms. The van der Waals surface area contributed by atoms with E-state index >= 15 is 0 Å². The van der Waals surface area contributed by atoms with Crippen LogP contribution >= 0.6 is 0 Å². The fourth-order valence-electron chi connectivity index (χ4n) is 2.57. The number of anilines is 1. The smallest absolute Gasteiger partial charge is 0.316 e. The van der Waals surface area contributed by atoms with E-state index < -0.39 is 5.91 Å². The van der Waals surface area contributed by atoms with Crippen molar-refractivity contribution in [3.05, 3.63) is 60.6 Å². The molecule has 0 unspecified atom stereocenters. The van der Waals surface area contributed by atoms with Crippen LogP contribution in [0.1, 0.15) is 10.7 Å². The Kier molecular flexibility index (Phi) is 4.89. The van der Waals surface area contributed by atoms with Gasteiger partial charge in [0.2, 0.25) is 5.82 Å². The third-order valence-electron chi connectivity index (χ3n) is 4.02. The van der Waals surface area contributed by atoms with Gasteiger partial charge in [0.25, 0.3) is 0 Å². The third-order valence-corrected chi connectivity index (χ3v) is 4.02. The van der Waals surface area contributed by atoms with Crippen LogP contribution in [-0.4, -0.2) is 45.3 Å². The quantitative estimate of drug-likeness (QED) is 0.532. The number of aromatic nitrogens is 5. The molecule has 0 fully saturated rings. The summed E-state index contributed by atoms with van der Waals surface area (Å²) >= 11 is 0. The highest BCUT2D eigenvalue weighted by molar-refractivity contribution is 6.02. The lowest BCUT2D eigenvalue weighted by Crippen LogP contribution is -2.13. The second-order valence-electron chi connectivity index (χ2n) is 5.83. The number of carbonyl (C=O) groups excluding carboxylic acids is 1. The van der Waals surface area contributed by atoms with Crippen LogP contribution in [0.25, 0.3) is 17.2 Å². The summed E-state index contributed by atoms with van der Waals surface area (Å²) < 4.78 is 17.0. The van der Waals surface area contributed by atoms with Crippen LogP contribution in [0.3, 0.4) is 0 Å². The number of carbonyl (C=O) groups is 1. The zero-order valence-corrected chi connectivity index (χ0v) is 15.6. The topological polar surface area (TPSA) is 117 Å². The molecule has 0 saturated carbocycles. The van der Waals surface area contributed by atoms with Crippen molar-refractivity contribution >= 4 is 11.6 Å².